The molecule has 1 aromatic carbocycles. The maximum Gasteiger partial charge on any atom is 0.179 e. The van der Waals surface area contributed by atoms with Gasteiger partial charge in [-0.3, -0.25) is 4.79 Å². The van der Waals surface area contributed by atoms with Crippen LogP contribution >= 0.6 is 0 Å². The van der Waals surface area contributed by atoms with Crippen LogP contribution in [0.1, 0.15) is 48.7 Å². The lowest BCUT2D eigenvalue weighted by Crippen LogP contribution is -2.35. The Morgan fingerprint density at radius 2 is 1.89 bits per heavy atom. The molecule has 0 fully saturated rings. The van der Waals surface area contributed by atoms with Crippen molar-refractivity contribution in [2.24, 2.45) is 5.92 Å². The van der Waals surface area contributed by atoms with E-state index in [2.05, 4.69) is 25.2 Å². The Bertz CT molecular complexity index is 410. The van der Waals surface area contributed by atoms with Crippen LogP contribution < -0.4 is 5.32 Å². The standard InChI is InChI=1S/C16H25NO/c1-11(2)8-9-17-14(5)16(18)15-7-6-12(3)10-13(15)4/h6-7,10-11,14,17H,8-9H2,1-5H3. The lowest BCUT2D eigenvalue weighted by molar-refractivity contribution is 0.0950. The lowest BCUT2D eigenvalue weighted by Gasteiger charge is -2.15. The Labute approximate surface area is 111 Å². The molecule has 0 aliphatic rings. The van der Waals surface area contributed by atoms with Gasteiger partial charge < -0.3 is 5.32 Å². The highest BCUT2D eigenvalue weighted by Crippen LogP contribution is 2.13. The van der Waals surface area contributed by atoms with E-state index in [9.17, 15) is 4.79 Å². The van der Waals surface area contributed by atoms with Gasteiger partial charge in [0.05, 0.1) is 6.04 Å². The molecule has 1 atom stereocenters. The van der Waals surface area contributed by atoms with Crippen LogP contribution in [0.3, 0.4) is 0 Å². The van der Waals surface area contributed by atoms with E-state index in [0.717, 1.165) is 24.1 Å². The van der Waals surface area contributed by atoms with Gasteiger partial charge in [0.2, 0.25) is 0 Å². The summed E-state index contributed by atoms with van der Waals surface area (Å²) < 4.78 is 0. The molecule has 1 rings (SSSR count). The van der Waals surface area contributed by atoms with Gasteiger partial charge in [0.1, 0.15) is 0 Å². The maximum atomic E-state index is 12.3. The van der Waals surface area contributed by atoms with E-state index in [-0.39, 0.29) is 11.8 Å². The molecule has 2 heteroatoms. The number of aryl methyl sites for hydroxylation is 2. The zero-order valence-corrected chi connectivity index (χ0v) is 12.2. The fourth-order valence-corrected chi connectivity index (χ4v) is 2.00. The largest absolute Gasteiger partial charge is 0.307 e. The Hall–Kier alpha value is -1.15. The Kier molecular flexibility index (Phi) is 5.54. The van der Waals surface area contributed by atoms with Gasteiger partial charge in [-0.1, -0.05) is 37.6 Å². The Balaban J connectivity index is 2.63. The van der Waals surface area contributed by atoms with E-state index >= 15 is 0 Å². The van der Waals surface area contributed by atoms with Crippen LogP contribution in [0.5, 0.6) is 0 Å². The van der Waals surface area contributed by atoms with Gasteiger partial charge >= 0.3 is 0 Å². The Morgan fingerprint density at radius 3 is 2.44 bits per heavy atom. The van der Waals surface area contributed by atoms with Crippen LogP contribution in [0.2, 0.25) is 0 Å². The lowest BCUT2D eigenvalue weighted by atomic mass is 9.98. The second kappa shape index (κ2) is 6.69. The predicted octanol–water partition coefficient (Wildman–Crippen LogP) is 3.51. The normalized spacial score (nSPS) is 12.8. The molecular weight excluding hydrogens is 222 g/mol. The zero-order chi connectivity index (χ0) is 13.7. The zero-order valence-electron chi connectivity index (χ0n) is 12.2. The average molecular weight is 247 g/mol. The monoisotopic (exact) mass is 247 g/mol. The number of hydrogen-bond acceptors (Lipinski definition) is 2. The highest BCUT2D eigenvalue weighted by atomic mass is 16.1. The van der Waals surface area contributed by atoms with Crippen molar-refractivity contribution >= 4 is 5.78 Å². The molecule has 0 bridgehead atoms. The molecule has 1 aromatic rings. The van der Waals surface area contributed by atoms with Gasteiger partial charge in [0.25, 0.3) is 0 Å². The number of carbonyl (C=O) groups excluding carboxylic acids is 1. The molecule has 0 saturated carbocycles. The first-order valence-electron chi connectivity index (χ1n) is 6.76. The van der Waals surface area contributed by atoms with Gasteiger partial charge in [0, 0.05) is 5.56 Å². The minimum Gasteiger partial charge on any atom is -0.307 e. The van der Waals surface area contributed by atoms with Crippen LogP contribution in [-0.4, -0.2) is 18.4 Å². The number of rotatable bonds is 6. The summed E-state index contributed by atoms with van der Waals surface area (Å²) in [6.45, 7) is 11.3. The summed E-state index contributed by atoms with van der Waals surface area (Å²) in [7, 11) is 0. The molecule has 2 nitrogen and oxygen atoms in total. The molecule has 100 valence electrons. The topological polar surface area (TPSA) is 29.1 Å². The van der Waals surface area contributed by atoms with E-state index in [1.165, 1.54) is 5.56 Å². The van der Waals surface area contributed by atoms with Crippen molar-refractivity contribution in [1.29, 1.82) is 0 Å². The molecule has 0 spiro atoms. The molecule has 0 radical (unpaired) electrons. The van der Waals surface area contributed by atoms with Gasteiger partial charge in [-0.25, -0.2) is 0 Å². The summed E-state index contributed by atoms with van der Waals surface area (Å²) in [5.41, 5.74) is 3.10. The first-order valence-corrected chi connectivity index (χ1v) is 6.76. The van der Waals surface area contributed by atoms with Crippen molar-refractivity contribution in [3.63, 3.8) is 0 Å². The predicted molar refractivity (Wildman–Crippen MR) is 77.2 cm³/mol. The van der Waals surface area contributed by atoms with Crippen LogP contribution in [0.15, 0.2) is 18.2 Å². The first kappa shape index (κ1) is 14.9. The summed E-state index contributed by atoms with van der Waals surface area (Å²) >= 11 is 0. The fourth-order valence-electron chi connectivity index (χ4n) is 2.00. The first-order chi connectivity index (χ1) is 8.41. The highest BCUT2D eigenvalue weighted by Gasteiger charge is 2.16. The molecule has 0 heterocycles. The average Bonchev–Trinajstić information content (AvgIpc) is 2.27. The number of carbonyl (C=O) groups is 1. The van der Waals surface area contributed by atoms with Crippen LogP contribution in [0.25, 0.3) is 0 Å². The quantitative estimate of drug-likeness (QED) is 0.779. The third-order valence-corrected chi connectivity index (χ3v) is 3.21. The molecule has 0 saturated heterocycles. The molecule has 0 amide bonds. The molecular formula is C16H25NO. The van der Waals surface area contributed by atoms with Gasteiger partial charge in [-0.15, -0.1) is 0 Å². The van der Waals surface area contributed by atoms with Crippen molar-refractivity contribution < 1.29 is 4.79 Å². The molecule has 18 heavy (non-hydrogen) atoms. The van der Waals surface area contributed by atoms with Crippen molar-refractivity contribution in [3.05, 3.63) is 34.9 Å². The van der Waals surface area contributed by atoms with Crippen molar-refractivity contribution in [3.8, 4) is 0 Å². The summed E-state index contributed by atoms with van der Waals surface area (Å²) in [5, 5.41) is 3.30. The fraction of sp³-hybridized carbons (Fsp3) is 0.562. The third-order valence-electron chi connectivity index (χ3n) is 3.21. The smallest absolute Gasteiger partial charge is 0.179 e. The molecule has 1 N–H and O–H groups in total. The van der Waals surface area contributed by atoms with Crippen LogP contribution in [0, 0.1) is 19.8 Å². The number of ketones is 1. The SMILES string of the molecule is Cc1ccc(C(=O)C(C)NCCC(C)C)c(C)c1. The third kappa shape index (κ3) is 4.26. The summed E-state index contributed by atoms with van der Waals surface area (Å²) in [5.74, 6) is 0.858. The second-order valence-electron chi connectivity index (χ2n) is 5.54. The van der Waals surface area contributed by atoms with E-state index < -0.39 is 0 Å². The minimum atomic E-state index is -0.106. The summed E-state index contributed by atoms with van der Waals surface area (Å²) in [6, 6.07) is 5.90. The number of benzene rings is 1. The minimum absolute atomic E-state index is 0.106. The summed E-state index contributed by atoms with van der Waals surface area (Å²) in [6.07, 6.45) is 1.10. The number of Topliss-reactive ketones (excluding diaryl/α,β-unsaturated/α-hetero) is 1. The van der Waals surface area contributed by atoms with E-state index in [0.29, 0.717) is 5.92 Å². The van der Waals surface area contributed by atoms with Gasteiger partial charge in [-0.2, -0.15) is 0 Å². The molecule has 0 aliphatic heterocycles. The van der Waals surface area contributed by atoms with Gasteiger partial charge in [0.15, 0.2) is 5.78 Å². The van der Waals surface area contributed by atoms with Crippen LogP contribution in [-0.2, 0) is 0 Å². The maximum absolute atomic E-state index is 12.3. The van der Waals surface area contributed by atoms with E-state index in [1.54, 1.807) is 0 Å². The van der Waals surface area contributed by atoms with E-state index in [4.69, 9.17) is 0 Å². The number of hydrogen-bond donors (Lipinski definition) is 1. The van der Waals surface area contributed by atoms with Crippen molar-refractivity contribution in [2.45, 2.75) is 47.1 Å². The molecule has 1 unspecified atom stereocenters. The van der Waals surface area contributed by atoms with Crippen molar-refractivity contribution in [1.82, 2.24) is 5.32 Å². The number of nitrogens with one attached hydrogen (secondary N) is 1. The Morgan fingerprint density at radius 1 is 1.22 bits per heavy atom. The van der Waals surface area contributed by atoms with Crippen LogP contribution in [0.4, 0.5) is 0 Å². The molecule has 0 aliphatic carbocycles. The van der Waals surface area contributed by atoms with E-state index in [1.807, 2.05) is 32.9 Å². The second-order valence-corrected chi connectivity index (χ2v) is 5.54. The molecule has 0 aromatic heterocycles. The summed E-state index contributed by atoms with van der Waals surface area (Å²) in [4.78, 5) is 12.3. The highest BCUT2D eigenvalue weighted by molar-refractivity contribution is 6.01. The van der Waals surface area contributed by atoms with Crippen molar-refractivity contribution in [2.75, 3.05) is 6.54 Å². The van der Waals surface area contributed by atoms with Gasteiger partial charge in [-0.05, 0) is 45.2 Å².